The number of morpholine rings is 1. The molecule has 0 bridgehead atoms. The van der Waals surface area contributed by atoms with Gasteiger partial charge in [-0.2, -0.15) is 10.4 Å². The first-order chi connectivity index (χ1) is 11.4. The monoisotopic (exact) mass is 331 g/mol. The fraction of sp³-hybridized carbons (Fsp3) is 0.765. The van der Waals surface area contributed by atoms with Crippen molar-refractivity contribution in [3.8, 4) is 6.07 Å². The molecular weight excluding hydrogens is 306 g/mol. The fourth-order valence-electron chi connectivity index (χ4n) is 3.41. The van der Waals surface area contributed by atoms with E-state index in [1.165, 1.54) is 0 Å². The smallest absolute Gasteiger partial charge is 0.243 e. The van der Waals surface area contributed by atoms with E-state index in [4.69, 9.17) is 4.74 Å². The molecular formula is C17H25N5O2. The third-order valence-corrected chi connectivity index (χ3v) is 4.91. The molecule has 0 spiro atoms. The zero-order valence-corrected chi connectivity index (χ0v) is 14.6. The van der Waals surface area contributed by atoms with E-state index in [9.17, 15) is 10.1 Å². The van der Waals surface area contributed by atoms with Gasteiger partial charge in [0.15, 0.2) is 11.6 Å². The molecule has 1 aromatic heterocycles. The third kappa shape index (κ3) is 3.03. The van der Waals surface area contributed by atoms with Crippen LogP contribution in [0, 0.1) is 16.7 Å². The quantitative estimate of drug-likeness (QED) is 0.895. The Morgan fingerprint density at radius 3 is 2.71 bits per heavy atom. The molecule has 0 radical (unpaired) electrons. The number of aromatic amines is 1. The maximum atomic E-state index is 12.9. The Morgan fingerprint density at radius 1 is 1.42 bits per heavy atom. The van der Waals surface area contributed by atoms with E-state index in [0.717, 1.165) is 18.7 Å². The van der Waals surface area contributed by atoms with E-state index >= 15 is 0 Å². The average molecular weight is 331 g/mol. The van der Waals surface area contributed by atoms with Crippen molar-refractivity contribution in [1.82, 2.24) is 20.1 Å². The highest BCUT2D eigenvalue weighted by atomic mass is 16.5. The maximum Gasteiger partial charge on any atom is 0.243 e. The molecule has 7 heteroatoms. The van der Waals surface area contributed by atoms with Crippen molar-refractivity contribution in [1.29, 1.82) is 5.26 Å². The molecule has 1 aliphatic heterocycles. The zero-order chi connectivity index (χ0) is 17.4. The maximum absolute atomic E-state index is 12.9. The van der Waals surface area contributed by atoms with Crippen LogP contribution in [0.15, 0.2) is 0 Å². The summed E-state index contributed by atoms with van der Waals surface area (Å²) >= 11 is 0. The number of hydrogen-bond acceptors (Lipinski definition) is 5. The van der Waals surface area contributed by atoms with Crippen molar-refractivity contribution < 1.29 is 9.53 Å². The number of nitrogens with one attached hydrogen (secondary N) is 1. The lowest BCUT2D eigenvalue weighted by molar-refractivity contribution is -0.147. The van der Waals surface area contributed by atoms with E-state index in [1.54, 1.807) is 4.90 Å². The highest BCUT2D eigenvalue weighted by molar-refractivity contribution is 5.86. The van der Waals surface area contributed by atoms with Crippen molar-refractivity contribution >= 4 is 5.91 Å². The fourth-order valence-corrected chi connectivity index (χ4v) is 3.41. The topological polar surface area (TPSA) is 94.9 Å². The van der Waals surface area contributed by atoms with Gasteiger partial charge in [-0.25, -0.2) is 4.98 Å². The van der Waals surface area contributed by atoms with Crippen LogP contribution < -0.4 is 0 Å². The summed E-state index contributed by atoms with van der Waals surface area (Å²) in [4.78, 5) is 19.2. The van der Waals surface area contributed by atoms with Crippen molar-refractivity contribution in [3.05, 3.63) is 11.6 Å². The van der Waals surface area contributed by atoms with Gasteiger partial charge in [0, 0.05) is 12.0 Å². The zero-order valence-electron chi connectivity index (χ0n) is 14.6. The van der Waals surface area contributed by atoms with Gasteiger partial charge in [-0.3, -0.25) is 9.89 Å². The molecule has 1 saturated carbocycles. The number of carbonyl (C=O) groups is 1. The molecule has 130 valence electrons. The van der Waals surface area contributed by atoms with E-state index < -0.39 is 5.41 Å². The number of nitrogens with zero attached hydrogens (tertiary/aromatic N) is 4. The highest BCUT2D eigenvalue weighted by Crippen LogP contribution is 2.40. The summed E-state index contributed by atoms with van der Waals surface area (Å²) in [5, 5.41) is 16.7. The summed E-state index contributed by atoms with van der Waals surface area (Å²) in [5.74, 6) is 1.33. The SMILES string of the molecule is CC(C)(C)c1n[nH]c([C@@H]2CN(C(=O)C3(C#N)CCCC3)CCO2)n1. The Labute approximate surface area is 142 Å². The van der Waals surface area contributed by atoms with Crippen LogP contribution in [0.3, 0.4) is 0 Å². The Kier molecular flexibility index (Phi) is 4.35. The van der Waals surface area contributed by atoms with Crippen LogP contribution in [0.1, 0.15) is 64.2 Å². The second-order valence-corrected chi connectivity index (χ2v) is 7.81. The minimum atomic E-state index is -0.833. The van der Waals surface area contributed by atoms with Gasteiger partial charge in [-0.15, -0.1) is 0 Å². The van der Waals surface area contributed by atoms with Gasteiger partial charge in [0.05, 0.1) is 19.2 Å². The Bertz CT molecular complexity index is 649. The van der Waals surface area contributed by atoms with Crippen LogP contribution in [0.5, 0.6) is 0 Å². The molecule has 2 fully saturated rings. The first-order valence-electron chi connectivity index (χ1n) is 8.61. The van der Waals surface area contributed by atoms with Gasteiger partial charge in [-0.1, -0.05) is 33.6 Å². The number of H-pyrrole nitrogens is 1. The molecule has 1 aromatic rings. The van der Waals surface area contributed by atoms with Crippen LogP contribution in [-0.2, 0) is 14.9 Å². The van der Waals surface area contributed by atoms with E-state index in [1.807, 2.05) is 20.8 Å². The first-order valence-corrected chi connectivity index (χ1v) is 8.61. The lowest BCUT2D eigenvalue weighted by Crippen LogP contribution is -2.48. The van der Waals surface area contributed by atoms with Crippen molar-refractivity contribution in [3.63, 3.8) is 0 Å². The summed E-state index contributed by atoms with van der Waals surface area (Å²) in [5.41, 5.74) is -0.979. The van der Waals surface area contributed by atoms with Crippen molar-refractivity contribution in [2.45, 2.75) is 58.0 Å². The second kappa shape index (κ2) is 6.17. The van der Waals surface area contributed by atoms with Crippen LogP contribution in [0.2, 0.25) is 0 Å². The molecule has 1 amide bonds. The van der Waals surface area contributed by atoms with Crippen LogP contribution in [-0.4, -0.2) is 45.7 Å². The van der Waals surface area contributed by atoms with Crippen LogP contribution >= 0.6 is 0 Å². The minimum Gasteiger partial charge on any atom is -0.367 e. The molecule has 7 nitrogen and oxygen atoms in total. The third-order valence-electron chi connectivity index (χ3n) is 4.91. The predicted octanol–water partition coefficient (Wildman–Crippen LogP) is 2.09. The molecule has 2 aliphatic rings. The van der Waals surface area contributed by atoms with E-state index in [-0.39, 0.29) is 17.4 Å². The summed E-state index contributed by atoms with van der Waals surface area (Å²) in [7, 11) is 0. The van der Waals surface area contributed by atoms with Gasteiger partial charge in [0.2, 0.25) is 5.91 Å². The van der Waals surface area contributed by atoms with Gasteiger partial charge < -0.3 is 9.64 Å². The number of amides is 1. The first kappa shape index (κ1) is 16.9. The molecule has 1 atom stereocenters. The second-order valence-electron chi connectivity index (χ2n) is 7.81. The molecule has 1 saturated heterocycles. The van der Waals surface area contributed by atoms with E-state index in [0.29, 0.717) is 38.4 Å². The summed E-state index contributed by atoms with van der Waals surface area (Å²) in [6, 6.07) is 2.29. The number of ether oxygens (including phenoxy) is 1. The summed E-state index contributed by atoms with van der Waals surface area (Å²) in [6.07, 6.45) is 2.92. The Morgan fingerprint density at radius 2 is 2.12 bits per heavy atom. The Balaban J connectivity index is 1.74. The summed E-state index contributed by atoms with van der Waals surface area (Å²) in [6.45, 7) is 7.54. The number of hydrogen-bond donors (Lipinski definition) is 1. The Hall–Kier alpha value is -1.94. The van der Waals surface area contributed by atoms with Crippen LogP contribution in [0.25, 0.3) is 0 Å². The minimum absolute atomic E-state index is 0.0497. The largest absolute Gasteiger partial charge is 0.367 e. The molecule has 1 N–H and O–H groups in total. The predicted molar refractivity (Wildman–Crippen MR) is 86.9 cm³/mol. The van der Waals surface area contributed by atoms with Gasteiger partial charge in [0.25, 0.3) is 0 Å². The van der Waals surface area contributed by atoms with Crippen molar-refractivity contribution in [2.75, 3.05) is 19.7 Å². The van der Waals surface area contributed by atoms with Crippen LogP contribution in [0.4, 0.5) is 0 Å². The summed E-state index contributed by atoms with van der Waals surface area (Å²) < 4.78 is 5.79. The molecule has 0 unspecified atom stereocenters. The highest BCUT2D eigenvalue weighted by Gasteiger charge is 2.45. The normalized spacial score (nSPS) is 23.9. The molecule has 24 heavy (non-hydrogen) atoms. The van der Waals surface area contributed by atoms with Gasteiger partial charge in [0.1, 0.15) is 11.5 Å². The number of carbonyl (C=O) groups excluding carboxylic acids is 1. The lowest BCUT2D eigenvalue weighted by atomic mass is 9.86. The van der Waals surface area contributed by atoms with E-state index in [2.05, 4.69) is 21.3 Å². The lowest BCUT2D eigenvalue weighted by Gasteiger charge is -2.35. The number of nitriles is 1. The van der Waals surface area contributed by atoms with Gasteiger partial charge >= 0.3 is 0 Å². The number of rotatable bonds is 2. The molecule has 2 heterocycles. The molecule has 3 rings (SSSR count). The molecule has 1 aliphatic carbocycles. The van der Waals surface area contributed by atoms with Crippen molar-refractivity contribution in [2.24, 2.45) is 5.41 Å². The standard InChI is InChI=1S/C17H25N5O2/c1-16(2,3)14-19-13(20-21-14)12-10-22(8-9-24-12)15(23)17(11-18)6-4-5-7-17/h12H,4-10H2,1-3H3,(H,19,20,21)/t12-/m0/s1. The van der Waals surface area contributed by atoms with Gasteiger partial charge in [-0.05, 0) is 12.8 Å². The average Bonchev–Trinajstić information content (AvgIpc) is 3.24. The number of aromatic nitrogens is 3. The molecule has 0 aromatic carbocycles.